The summed E-state index contributed by atoms with van der Waals surface area (Å²) in [5, 5.41) is 18.7. The molecule has 2 aromatic carbocycles. The molecule has 0 aliphatic carbocycles. The minimum absolute atomic E-state index is 0.00569. The maximum absolute atomic E-state index is 12.3. The molecule has 0 aliphatic rings. The first-order valence-electron chi connectivity index (χ1n) is 6.06. The van der Waals surface area contributed by atoms with Gasteiger partial charge in [0.2, 0.25) is 0 Å². The smallest absolute Gasteiger partial charge is 0.337 e. The molecule has 0 spiro atoms. The molecular formula is C14H12ClNO5S. The summed E-state index contributed by atoms with van der Waals surface area (Å²) in [6.45, 7) is 1.68. The number of carbonyl (C=O) groups is 1. The third kappa shape index (κ3) is 3.32. The van der Waals surface area contributed by atoms with Crippen LogP contribution in [-0.2, 0) is 10.0 Å². The number of sulfonamides is 1. The summed E-state index contributed by atoms with van der Waals surface area (Å²) in [7, 11) is -4.06. The number of phenolic OH excluding ortho intramolecular Hbond substituents is 1. The van der Waals surface area contributed by atoms with Gasteiger partial charge in [0, 0.05) is 5.69 Å². The maximum Gasteiger partial charge on any atom is 0.337 e. The number of carboxylic acids is 1. The number of nitrogens with one attached hydrogen (secondary N) is 1. The van der Waals surface area contributed by atoms with E-state index in [0.29, 0.717) is 5.56 Å². The van der Waals surface area contributed by atoms with Crippen molar-refractivity contribution >= 4 is 33.3 Å². The van der Waals surface area contributed by atoms with Gasteiger partial charge in [-0.25, -0.2) is 13.2 Å². The normalized spacial score (nSPS) is 11.2. The summed E-state index contributed by atoms with van der Waals surface area (Å²) in [5.41, 5.74) is 0.457. The molecule has 116 valence electrons. The van der Waals surface area contributed by atoms with Gasteiger partial charge in [-0.15, -0.1) is 0 Å². The highest BCUT2D eigenvalue weighted by molar-refractivity contribution is 7.92. The van der Waals surface area contributed by atoms with Crippen molar-refractivity contribution in [3.05, 3.63) is 52.5 Å². The zero-order valence-electron chi connectivity index (χ0n) is 11.4. The Balaban J connectivity index is 2.43. The fraction of sp³-hybridized carbons (Fsp3) is 0.0714. The lowest BCUT2D eigenvalue weighted by Gasteiger charge is -2.11. The predicted molar refractivity (Wildman–Crippen MR) is 82.1 cm³/mol. The van der Waals surface area contributed by atoms with Crippen LogP contribution in [0.1, 0.15) is 15.9 Å². The molecular weight excluding hydrogens is 330 g/mol. The average Bonchev–Trinajstić information content (AvgIpc) is 2.43. The van der Waals surface area contributed by atoms with E-state index in [1.807, 2.05) is 0 Å². The molecule has 0 saturated heterocycles. The van der Waals surface area contributed by atoms with Crippen LogP contribution in [0.3, 0.4) is 0 Å². The number of hydrogen-bond donors (Lipinski definition) is 3. The van der Waals surface area contributed by atoms with Gasteiger partial charge in [-0.2, -0.15) is 0 Å². The molecule has 0 aliphatic heterocycles. The molecule has 8 heteroatoms. The Labute approximate surface area is 132 Å². The molecule has 6 nitrogen and oxygen atoms in total. The van der Waals surface area contributed by atoms with E-state index in [2.05, 4.69) is 4.72 Å². The van der Waals surface area contributed by atoms with Gasteiger partial charge in [0.15, 0.2) is 0 Å². The van der Waals surface area contributed by atoms with Gasteiger partial charge in [-0.3, -0.25) is 4.72 Å². The van der Waals surface area contributed by atoms with Crippen molar-refractivity contribution < 1.29 is 23.4 Å². The van der Waals surface area contributed by atoms with Crippen LogP contribution in [0.5, 0.6) is 5.75 Å². The molecule has 0 atom stereocenters. The van der Waals surface area contributed by atoms with Crippen LogP contribution >= 0.6 is 11.6 Å². The average molecular weight is 342 g/mol. The highest BCUT2D eigenvalue weighted by Gasteiger charge is 2.20. The summed E-state index contributed by atoms with van der Waals surface area (Å²) in [5.74, 6) is -1.67. The standard InChI is InChI=1S/C14H12ClNO5S/c1-8-2-5-12(17)13(6-8)22(20,21)16-9-3-4-11(15)10(7-9)14(18)19/h2-7,16-17H,1H3,(H,18,19). The summed E-state index contributed by atoms with van der Waals surface area (Å²) in [6, 6.07) is 7.87. The molecule has 0 saturated carbocycles. The van der Waals surface area contributed by atoms with Crippen molar-refractivity contribution in [1.29, 1.82) is 0 Å². The topological polar surface area (TPSA) is 104 Å². The Morgan fingerprint density at radius 3 is 2.50 bits per heavy atom. The summed E-state index contributed by atoms with van der Waals surface area (Å²) in [6.07, 6.45) is 0. The Morgan fingerprint density at radius 2 is 1.86 bits per heavy atom. The van der Waals surface area contributed by atoms with E-state index in [0.717, 1.165) is 6.07 Å². The van der Waals surface area contributed by atoms with Gasteiger partial charge < -0.3 is 10.2 Å². The van der Waals surface area contributed by atoms with Crippen molar-refractivity contribution in [3.8, 4) is 5.75 Å². The molecule has 3 N–H and O–H groups in total. The van der Waals surface area contributed by atoms with E-state index in [-0.39, 0.29) is 21.2 Å². The van der Waals surface area contributed by atoms with E-state index in [1.165, 1.54) is 24.3 Å². The minimum atomic E-state index is -4.06. The van der Waals surface area contributed by atoms with Crippen LogP contribution in [0.4, 0.5) is 5.69 Å². The first kappa shape index (κ1) is 16.1. The highest BCUT2D eigenvalue weighted by atomic mass is 35.5. The predicted octanol–water partition coefficient (Wildman–Crippen LogP) is 2.85. The Bertz CT molecular complexity index is 848. The molecule has 0 heterocycles. The molecule has 0 amide bonds. The SMILES string of the molecule is Cc1ccc(O)c(S(=O)(=O)Nc2ccc(Cl)c(C(=O)O)c2)c1. The second-order valence-electron chi connectivity index (χ2n) is 4.58. The molecule has 0 unspecified atom stereocenters. The third-order valence-corrected chi connectivity index (χ3v) is 4.59. The minimum Gasteiger partial charge on any atom is -0.507 e. The summed E-state index contributed by atoms with van der Waals surface area (Å²) < 4.78 is 26.8. The van der Waals surface area contributed by atoms with E-state index in [1.54, 1.807) is 13.0 Å². The summed E-state index contributed by atoms with van der Waals surface area (Å²) in [4.78, 5) is 10.7. The van der Waals surface area contributed by atoms with Crippen LogP contribution in [0.15, 0.2) is 41.3 Å². The number of hydrogen-bond acceptors (Lipinski definition) is 4. The van der Waals surface area contributed by atoms with Gasteiger partial charge in [0.25, 0.3) is 10.0 Å². The van der Waals surface area contributed by atoms with Crippen LogP contribution in [0, 0.1) is 6.92 Å². The lowest BCUT2D eigenvalue weighted by Crippen LogP contribution is -2.14. The van der Waals surface area contributed by atoms with Gasteiger partial charge in [0.1, 0.15) is 10.6 Å². The Kier molecular flexibility index (Phi) is 4.30. The van der Waals surface area contributed by atoms with Crippen molar-refractivity contribution in [1.82, 2.24) is 0 Å². The van der Waals surface area contributed by atoms with Crippen LogP contribution in [0.2, 0.25) is 5.02 Å². The molecule has 22 heavy (non-hydrogen) atoms. The number of phenols is 1. The van der Waals surface area contributed by atoms with Crippen LogP contribution in [0.25, 0.3) is 0 Å². The number of anilines is 1. The van der Waals surface area contributed by atoms with Gasteiger partial charge >= 0.3 is 5.97 Å². The fourth-order valence-corrected chi connectivity index (χ4v) is 3.23. The zero-order valence-corrected chi connectivity index (χ0v) is 12.9. The van der Waals surface area contributed by atoms with Crippen LogP contribution < -0.4 is 4.72 Å². The van der Waals surface area contributed by atoms with Gasteiger partial charge in [0.05, 0.1) is 10.6 Å². The lowest BCUT2D eigenvalue weighted by atomic mass is 10.2. The molecule has 0 radical (unpaired) electrons. The second-order valence-corrected chi connectivity index (χ2v) is 6.63. The van der Waals surface area contributed by atoms with Crippen LogP contribution in [-0.4, -0.2) is 24.6 Å². The summed E-state index contributed by atoms with van der Waals surface area (Å²) >= 11 is 5.73. The van der Waals surface area contributed by atoms with Crippen molar-refractivity contribution in [2.45, 2.75) is 11.8 Å². The number of benzene rings is 2. The first-order valence-corrected chi connectivity index (χ1v) is 7.92. The van der Waals surface area contributed by atoms with Gasteiger partial charge in [-0.1, -0.05) is 17.7 Å². The van der Waals surface area contributed by atoms with E-state index in [9.17, 15) is 18.3 Å². The zero-order chi connectivity index (χ0) is 16.5. The first-order chi connectivity index (χ1) is 10.2. The van der Waals surface area contributed by atoms with Crippen molar-refractivity contribution in [3.63, 3.8) is 0 Å². The Hall–Kier alpha value is -2.25. The van der Waals surface area contributed by atoms with E-state index in [4.69, 9.17) is 16.7 Å². The molecule has 0 fully saturated rings. The Morgan fingerprint density at radius 1 is 1.18 bits per heavy atom. The number of aromatic hydroxyl groups is 1. The van der Waals surface area contributed by atoms with Crippen molar-refractivity contribution in [2.24, 2.45) is 0 Å². The van der Waals surface area contributed by atoms with Crippen molar-refractivity contribution in [2.75, 3.05) is 4.72 Å². The van der Waals surface area contributed by atoms with E-state index >= 15 is 0 Å². The fourth-order valence-electron chi connectivity index (χ4n) is 1.80. The maximum atomic E-state index is 12.3. The van der Waals surface area contributed by atoms with Gasteiger partial charge in [-0.05, 0) is 42.8 Å². The quantitative estimate of drug-likeness (QED) is 0.793. The van der Waals surface area contributed by atoms with E-state index < -0.39 is 21.7 Å². The number of halogens is 1. The second kappa shape index (κ2) is 5.86. The molecule has 0 bridgehead atoms. The largest absolute Gasteiger partial charge is 0.507 e. The molecule has 2 rings (SSSR count). The number of rotatable bonds is 4. The highest BCUT2D eigenvalue weighted by Crippen LogP contribution is 2.27. The molecule has 2 aromatic rings. The molecule has 0 aromatic heterocycles. The monoisotopic (exact) mass is 341 g/mol. The number of aryl methyl sites for hydroxylation is 1. The number of carboxylic acid groups (broad SMARTS) is 1. The number of aromatic carboxylic acids is 1. The lowest BCUT2D eigenvalue weighted by molar-refractivity contribution is 0.0697. The third-order valence-electron chi connectivity index (χ3n) is 2.85.